The Labute approximate surface area is 174 Å². The van der Waals surface area contributed by atoms with E-state index in [1.165, 1.54) is 24.3 Å². The Morgan fingerprint density at radius 2 is 2.00 bits per heavy atom. The second-order valence-corrected chi connectivity index (χ2v) is 8.33. The van der Waals surface area contributed by atoms with E-state index in [9.17, 15) is 22.0 Å². The zero-order valence-corrected chi connectivity index (χ0v) is 17.7. The maximum atomic E-state index is 14.1. The first-order valence-electron chi connectivity index (χ1n) is 9.18. The molecule has 1 aromatic carbocycles. The highest BCUT2D eigenvalue weighted by atomic mass is 32.2. The van der Waals surface area contributed by atoms with Gasteiger partial charge in [0.1, 0.15) is 18.3 Å². The third kappa shape index (κ3) is 6.80. The van der Waals surface area contributed by atoms with Gasteiger partial charge < -0.3 is 10.6 Å². The van der Waals surface area contributed by atoms with Crippen LogP contribution in [0.25, 0.3) is 6.08 Å². The van der Waals surface area contributed by atoms with Gasteiger partial charge in [0.05, 0.1) is 23.7 Å². The molecule has 0 saturated carbocycles. The lowest BCUT2D eigenvalue weighted by molar-refractivity contribution is -0.117. The molecule has 0 aliphatic carbocycles. The minimum Gasteiger partial charge on any atom is -0.370 e. The van der Waals surface area contributed by atoms with Crippen LogP contribution in [0.1, 0.15) is 36.7 Å². The minimum absolute atomic E-state index is 0.167. The van der Waals surface area contributed by atoms with Gasteiger partial charge in [-0.15, -0.1) is 0 Å². The number of carbonyl (C=O) groups is 1. The molecule has 10 heteroatoms. The molecule has 162 valence electrons. The number of rotatable bonds is 9. The molecule has 0 bridgehead atoms. The molecule has 3 N–H and O–H groups in total. The number of alkyl halides is 1. The Balaban J connectivity index is 2.08. The Hall–Kier alpha value is -3.01. The number of sulfonamides is 1. The summed E-state index contributed by atoms with van der Waals surface area (Å²) < 4.78 is 51.5. The number of nitrogens with one attached hydrogen (secondary N) is 3. The molecular formula is C20H24F2N4O3S. The van der Waals surface area contributed by atoms with Crippen LogP contribution >= 0.6 is 0 Å². The second kappa shape index (κ2) is 10.1. The number of anilines is 2. The SMILES string of the molecule is CCNc1nc(CF)ccc1/C=C/C(=O)N[C@H](C)c1ccc(NS(C)(=O)=O)c(F)c1. The highest BCUT2D eigenvalue weighted by Gasteiger charge is 2.13. The van der Waals surface area contributed by atoms with Crippen LogP contribution in [0.5, 0.6) is 0 Å². The largest absolute Gasteiger partial charge is 0.370 e. The van der Waals surface area contributed by atoms with Gasteiger partial charge >= 0.3 is 0 Å². The van der Waals surface area contributed by atoms with Crippen molar-refractivity contribution in [3.63, 3.8) is 0 Å². The van der Waals surface area contributed by atoms with E-state index in [0.717, 1.165) is 12.3 Å². The first-order valence-corrected chi connectivity index (χ1v) is 11.1. The van der Waals surface area contributed by atoms with Crippen LogP contribution in [0, 0.1) is 5.82 Å². The number of hydrogen-bond acceptors (Lipinski definition) is 5. The fourth-order valence-corrected chi connectivity index (χ4v) is 3.19. The Kier molecular flexibility index (Phi) is 7.87. The van der Waals surface area contributed by atoms with E-state index in [4.69, 9.17) is 0 Å². The van der Waals surface area contributed by atoms with Crippen LogP contribution in [0.2, 0.25) is 0 Å². The van der Waals surface area contributed by atoms with Gasteiger partial charge in [0.25, 0.3) is 0 Å². The van der Waals surface area contributed by atoms with E-state index in [2.05, 4.69) is 20.3 Å². The molecular weight excluding hydrogens is 414 g/mol. The Morgan fingerprint density at radius 3 is 2.60 bits per heavy atom. The van der Waals surface area contributed by atoms with Crippen molar-refractivity contribution >= 4 is 33.5 Å². The van der Waals surface area contributed by atoms with Crippen molar-refractivity contribution in [1.82, 2.24) is 10.3 Å². The summed E-state index contributed by atoms with van der Waals surface area (Å²) in [7, 11) is -3.60. The fraction of sp³-hybridized carbons (Fsp3) is 0.300. The average molecular weight is 439 g/mol. The van der Waals surface area contributed by atoms with Crippen molar-refractivity contribution in [3.8, 4) is 0 Å². The Morgan fingerprint density at radius 1 is 1.27 bits per heavy atom. The van der Waals surface area contributed by atoms with Crippen LogP contribution in [-0.2, 0) is 21.5 Å². The van der Waals surface area contributed by atoms with E-state index >= 15 is 0 Å². The molecule has 0 fully saturated rings. The molecule has 1 aromatic heterocycles. The number of amides is 1. The number of carbonyl (C=O) groups excluding carboxylic acids is 1. The normalized spacial score (nSPS) is 12.6. The zero-order valence-electron chi connectivity index (χ0n) is 16.9. The minimum atomic E-state index is -3.60. The summed E-state index contributed by atoms with van der Waals surface area (Å²) in [5.41, 5.74) is 1.21. The van der Waals surface area contributed by atoms with E-state index < -0.39 is 34.5 Å². The highest BCUT2D eigenvalue weighted by Crippen LogP contribution is 2.21. The molecule has 2 aromatic rings. The summed E-state index contributed by atoms with van der Waals surface area (Å²) >= 11 is 0. The summed E-state index contributed by atoms with van der Waals surface area (Å²) in [6.45, 7) is 3.45. The van der Waals surface area contributed by atoms with Crippen molar-refractivity contribution in [2.24, 2.45) is 0 Å². The van der Waals surface area contributed by atoms with E-state index in [1.807, 2.05) is 6.92 Å². The molecule has 7 nitrogen and oxygen atoms in total. The van der Waals surface area contributed by atoms with Crippen molar-refractivity contribution in [2.45, 2.75) is 26.6 Å². The number of halogens is 2. The molecule has 0 saturated heterocycles. The van der Waals surface area contributed by atoms with Gasteiger partial charge in [0.2, 0.25) is 15.9 Å². The van der Waals surface area contributed by atoms with Crippen molar-refractivity contribution in [1.29, 1.82) is 0 Å². The van der Waals surface area contributed by atoms with Gasteiger partial charge in [-0.25, -0.2) is 22.2 Å². The van der Waals surface area contributed by atoms with Gasteiger partial charge in [-0.05, 0) is 49.8 Å². The van der Waals surface area contributed by atoms with Crippen molar-refractivity contribution < 1.29 is 22.0 Å². The first-order chi connectivity index (χ1) is 14.1. The van der Waals surface area contributed by atoms with Gasteiger partial charge in [-0.3, -0.25) is 9.52 Å². The summed E-state index contributed by atoms with van der Waals surface area (Å²) in [5, 5.41) is 5.72. The fourth-order valence-electron chi connectivity index (χ4n) is 2.62. The molecule has 30 heavy (non-hydrogen) atoms. The van der Waals surface area contributed by atoms with Crippen molar-refractivity contribution in [2.75, 3.05) is 22.8 Å². The van der Waals surface area contributed by atoms with Gasteiger partial charge in [0.15, 0.2) is 0 Å². The molecule has 1 atom stereocenters. The maximum Gasteiger partial charge on any atom is 0.244 e. The highest BCUT2D eigenvalue weighted by molar-refractivity contribution is 7.92. The lowest BCUT2D eigenvalue weighted by Gasteiger charge is -2.14. The van der Waals surface area contributed by atoms with E-state index in [-0.39, 0.29) is 11.4 Å². The monoisotopic (exact) mass is 438 g/mol. The van der Waals surface area contributed by atoms with Crippen LogP contribution in [0.15, 0.2) is 36.4 Å². The summed E-state index contributed by atoms with van der Waals surface area (Å²) in [5.74, 6) is -0.692. The topological polar surface area (TPSA) is 100 Å². The second-order valence-electron chi connectivity index (χ2n) is 6.58. The smallest absolute Gasteiger partial charge is 0.244 e. The average Bonchev–Trinajstić information content (AvgIpc) is 2.67. The molecule has 1 heterocycles. The summed E-state index contributed by atoms with van der Waals surface area (Å²) in [4.78, 5) is 16.4. The number of pyridine rings is 1. The first kappa shape index (κ1) is 23.3. The van der Waals surface area contributed by atoms with E-state index in [1.54, 1.807) is 19.1 Å². The predicted octanol–water partition coefficient (Wildman–Crippen LogP) is 3.38. The Bertz CT molecular complexity index is 1040. The van der Waals surface area contributed by atoms with Gasteiger partial charge in [-0.1, -0.05) is 6.07 Å². The van der Waals surface area contributed by atoms with Crippen LogP contribution in [0.4, 0.5) is 20.3 Å². The zero-order chi connectivity index (χ0) is 22.3. The quantitative estimate of drug-likeness (QED) is 0.521. The van der Waals surface area contributed by atoms with Gasteiger partial charge in [0, 0.05) is 18.2 Å². The summed E-state index contributed by atoms with van der Waals surface area (Å²) in [6, 6.07) is 6.65. The number of hydrogen-bond donors (Lipinski definition) is 3. The van der Waals surface area contributed by atoms with Crippen LogP contribution in [0.3, 0.4) is 0 Å². The number of nitrogens with zero attached hydrogens (tertiary/aromatic N) is 1. The standard InChI is InChI=1S/C20H24F2N4O3S/c1-4-23-20-14(5-8-16(12-21)25-20)7-10-19(27)24-13(2)15-6-9-18(17(22)11-15)26-30(3,28)29/h5-11,13,26H,4,12H2,1-3H3,(H,23,25)(H,24,27)/b10-7+/t13-/m1/s1. The van der Waals surface area contributed by atoms with Crippen LogP contribution < -0.4 is 15.4 Å². The van der Waals surface area contributed by atoms with Crippen molar-refractivity contribution in [3.05, 3.63) is 59.0 Å². The van der Waals surface area contributed by atoms with Gasteiger partial charge in [-0.2, -0.15) is 0 Å². The predicted molar refractivity (Wildman–Crippen MR) is 114 cm³/mol. The van der Waals surface area contributed by atoms with E-state index in [0.29, 0.717) is 23.5 Å². The molecule has 2 rings (SSSR count). The lowest BCUT2D eigenvalue weighted by Crippen LogP contribution is -2.24. The summed E-state index contributed by atoms with van der Waals surface area (Å²) in [6.07, 6.45) is 3.78. The molecule has 0 spiro atoms. The number of aromatic nitrogens is 1. The molecule has 0 radical (unpaired) electrons. The number of benzene rings is 1. The molecule has 0 aliphatic rings. The maximum absolute atomic E-state index is 14.1. The third-order valence-electron chi connectivity index (χ3n) is 4.03. The third-order valence-corrected chi connectivity index (χ3v) is 4.62. The van der Waals surface area contributed by atoms with Crippen LogP contribution in [-0.4, -0.2) is 32.1 Å². The molecule has 1 amide bonds. The molecule has 0 unspecified atom stereocenters. The molecule has 0 aliphatic heterocycles. The lowest BCUT2D eigenvalue weighted by atomic mass is 10.1.